The smallest absolute Gasteiger partial charge is 0.0488 e. The number of fused-ring (bicyclic) bond motifs is 3. The second-order valence-electron chi connectivity index (χ2n) is 10.8. The van der Waals surface area contributed by atoms with Crippen molar-refractivity contribution in [1.82, 2.24) is 9.88 Å². The lowest BCUT2D eigenvalue weighted by molar-refractivity contribution is 0.484. The summed E-state index contributed by atoms with van der Waals surface area (Å²) in [5.41, 5.74) is 11.5. The standard InChI is InChI=1S/C26H34N2.C8H14.C2H6/c1-18(2)17-28-25-12-8-7-11-23(25)24-15-21(13-14-26(24)28)20(4)27-16-22-10-6-5-9-19(22)3;1-4-6-7-8(3)5-2;1-2/h7-8,11-12,21,27H,1,4-6,9-10,13-17H2,2-3H3;4,6-7H,5H2,1-3H3;1-2H3/b;6-4-,8-7+;. The maximum Gasteiger partial charge on any atom is 0.0488 e. The van der Waals surface area contributed by atoms with Crippen molar-refractivity contribution in [2.75, 3.05) is 6.54 Å². The van der Waals surface area contributed by atoms with Gasteiger partial charge < -0.3 is 9.88 Å². The van der Waals surface area contributed by atoms with Crippen LogP contribution in [0.3, 0.4) is 0 Å². The maximum atomic E-state index is 4.44. The molecule has 4 rings (SSSR count). The van der Waals surface area contributed by atoms with Crippen LogP contribution in [-0.2, 0) is 19.4 Å². The molecule has 1 aromatic heterocycles. The van der Waals surface area contributed by atoms with Gasteiger partial charge in [-0.3, -0.25) is 0 Å². The highest BCUT2D eigenvalue weighted by atomic mass is 15.0. The molecule has 1 atom stereocenters. The molecule has 0 radical (unpaired) electrons. The van der Waals surface area contributed by atoms with Gasteiger partial charge in [-0.25, -0.2) is 0 Å². The van der Waals surface area contributed by atoms with E-state index in [4.69, 9.17) is 0 Å². The molecule has 2 nitrogen and oxygen atoms in total. The zero-order valence-electron chi connectivity index (χ0n) is 25.6. The van der Waals surface area contributed by atoms with E-state index in [1.54, 1.807) is 11.1 Å². The summed E-state index contributed by atoms with van der Waals surface area (Å²) in [6, 6.07) is 8.87. The topological polar surface area (TPSA) is 17.0 Å². The SMILES string of the molecule is C/C=C\C=C(/C)CC.C=C(C)Cn1c2c(c3ccccc31)CC(C(=C)NCC1=C(C)CCCC1)CC2.CC. The lowest BCUT2D eigenvalue weighted by Crippen LogP contribution is -2.27. The summed E-state index contributed by atoms with van der Waals surface area (Å²) in [5, 5.41) is 5.12. The van der Waals surface area contributed by atoms with Gasteiger partial charge in [-0.1, -0.05) is 92.6 Å². The van der Waals surface area contributed by atoms with Gasteiger partial charge in [-0.15, -0.1) is 0 Å². The van der Waals surface area contributed by atoms with E-state index in [0.717, 1.165) is 32.4 Å². The average molecular weight is 515 g/mol. The Hall–Kier alpha value is -2.74. The van der Waals surface area contributed by atoms with E-state index in [2.05, 4.69) is 87.2 Å². The van der Waals surface area contributed by atoms with Gasteiger partial charge in [0.15, 0.2) is 0 Å². The summed E-state index contributed by atoms with van der Waals surface area (Å²) in [7, 11) is 0. The van der Waals surface area contributed by atoms with Gasteiger partial charge in [0.1, 0.15) is 0 Å². The minimum atomic E-state index is 0.529. The van der Waals surface area contributed by atoms with Crippen molar-refractivity contribution in [3.05, 3.63) is 94.9 Å². The minimum Gasteiger partial charge on any atom is -0.385 e. The number of aromatic nitrogens is 1. The number of allylic oxidation sites excluding steroid dienone is 7. The molecule has 1 heterocycles. The molecule has 1 unspecified atom stereocenters. The molecule has 1 aromatic carbocycles. The molecule has 0 fully saturated rings. The minimum absolute atomic E-state index is 0.529. The molecule has 0 aliphatic heterocycles. The van der Waals surface area contributed by atoms with Crippen molar-refractivity contribution < 1.29 is 0 Å². The molecular formula is C36H54N2. The van der Waals surface area contributed by atoms with E-state index in [-0.39, 0.29) is 0 Å². The van der Waals surface area contributed by atoms with Gasteiger partial charge in [0.2, 0.25) is 0 Å². The Morgan fingerprint density at radius 3 is 2.45 bits per heavy atom. The second kappa shape index (κ2) is 16.3. The highest BCUT2D eigenvalue weighted by Crippen LogP contribution is 2.36. The van der Waals surface area contributed by atoms with Gasteiger partial charge in [-0.05, 0) is 90.7 Å². The van der Waals surface area contributed by atoms with Gasteiger partial charge in [0, 0.05) is 41.3 Å². The van der Waals surface area contributed by atoms with Gasteiger partial charge in [0.25, 0.3) is 0 Å². The van der Waals surface area contributed by atoms with Crippen LogP contribution in [0.1, 0.15) is 98.2 Å². The monoisotopic (exact) mass is 514 g/mol. The van der Waals surface area contributed by atoms with E-state index in [0.29, 0.717) is 5.92 Å². The van der Waals surface area contributed by atoms with Crippen LogP contribution in [0.25, 0.3) is 10.9 Å². The second-order valence-corrected chi connectivity index (χ2v) is 10.8. The molecular weight excluding hydrogens is 460 g/mol. The van der Waals surface area contributed by atoms with Crippen LogP contribution in [0.2, 0.25) is 0 Å². The van der Waals surface area contributed by atoms with E-state index in [9.17, 15) is 0 Å². The Kier molecular flexibility index (Phi) is 13.5. The molecule has 208 valence electrons. The maximum absolute atomic E-state index is 4.44. The number of nitrogens with one attached hydrogen (secondary N) is 1. The van der Waals surface area contributed by atoms with Crippen molar-refractivity contribution in [2.24, 2.45) is 5.92 Å². The van der Waals surface area contributed by atoms with Crippen LogP contribution in [-0.4, -0.2) is 11.1 Å². The summed E-state index contributed by atoms with van der Waals surface area (Å²) in [4.78, 5) is 0. The van der Waals surface area contributed by atoms with Crippen LogP contribution in [0, 0.1) is 5.92 Å². The van der Waals surface area contributed by atoms with Crippen molar-refractivity contribution in [2.45, 2.75) is 106 Å². The number of hydrogen-bond donors (Lipinski definition) is 1. The Balaban J connectivity index is 0.000000437. The first kappa shape index (κ1) is 31.5. The first-order chi connectivity index (χ1) is 18.3. The number of rotatable bonds is 8. The molecule has 0 saturated heterocycles. The van der Waals surface area contributed by atoms with Crippen LogP contribution in [0.5, 0.6) is 0 Å². The third-order valence-corrected chi connectivity index (χ3v) is 7.84. The van der Waals surface area contributed by atoms with Gasteiger partial charge in [0.05, 0.1) is 0 Å². The van der Waals surface area contributed by atoms with E-state index in [1.807, 2.05) is 26.8 Å². The molecule has 0 amide bonds. The molecule has 0 bridgehead atoms. The quantitative estimate of drug-likeness (QED) is 0.274. The molecule has 0 saturated carbocycles. The fraction of sp³-hybridized carbons (Fsp3) is 0.500. The highest BCUT2D eigenvalue weighted by molar-refractivity contribution is 5.86. The van der Waals surface area contributed by atoms with Crippen LogP contribution < -0.4 is 5.32 Å². The summed E-state index contributed by atoms with van der Waals surface area (Å²) < 4.78 is 2.50. The van der Waals surface area contributed by atoms with Crippen LogP contribution in [0.15, 0.2) is 83.6 Å². The zero-order valence-corrected chi connectivity index (χ0v) is 25.6. The molecule has 2 aliphatic carbocycles. The third kappa shape index (κ3) is 8.65. The van der Waals surface area contributed by atoms with E-state index < -0.39 is 0 Å². The normalized spacial score (nSPS) is 17.3. The fourth-order valence-corrected chi connectivity index (χ4v) is 5.45. The van der Waals surface area contributed by atoms with Crippen molar-refractivity contribution in [1.29, 1.82) is 0 Å². The largest absolute Gasteiger partial charge is 0.385 e. The van der Waals surface area contributed by atoms with Crippen molar-refractivity contribution >= 4 is 10.9 Å². The van der Waals surface area contributed by atoms with E-state index >= 15 is 0 Å². The molecule has 0 spiro atoms. The number of para-hydroxylation sites is 1. The fourth-order valence-electron chi connectivity index (χ4n) is 5.45. The molecule has 2 heteroatoms. The number of hydrogen-bond acceptors (Lipinski definition) is 1. The predicted molar refractivity (Wildman–Crippen MR) is 171 cm³/mol. The van der Waals surface area contributed by atoms with Crippen molar-refractivity contribution in [3.8, 4) is 0 Å². The Morgan fingerprint density at radius 2 is 1.79 bits per heavy atom. The Morgan fingerprint density at radius 1 is 1.08 bits per heavy atom. The summed E-state index contributed by atoms with van der Waals surface area (Å²) in [5.74, 6) is 0.529. The lowest BCUT2D eigenvalue weighted by Gasteiger charge is -2.28. The van der Waals surface area contributed by atoms with Crippen LogP contribution >= 0.6 is 0 Å². The molecule has 2 aromatic rings. The molecule has 38 heavy (non-hydrogen) atoms. The number of nitrogens with zero attached hydrogens (tertiary/aromatic N) is 1. The highest BCUT2D eigenvalue weighted by Gasteiger charge is 2.27. The zero-order chi connectivity index (χ0) is 28.1. The predicted octanol–water partition coefficient (Wildman–Crippen LogP) is 10.3. The number of benzene rings is 1. The van der Waals surface area contributed by atoms with Crippen molar-refractivity contribution in [3.63, 3.8) is 0 Å². The first-order valence-electron chi connectivity index (χ1n) is 15.0. The lowest BCUT2D eigenvalue weighted by atomic mass is 9.84. The average Bonchev–Trinajstić information content (AvgIpc) is 3.25. The van der Waals surface area contributed by atoms with Crippen LogP contribution in [0.4, 0.5) is 0 Å². The Labute approximate surface area is 234 Å². The third-order valence-electron chi connectivity index (χ3n) is 7.84. The Bertz CT molecular complexity index is 1150. The summed E-state index contributed by atoms with van der Waals surface area (Å²) in [6.07, 6.45) is 16.1. The van der Waals surface area contributed by atoms with E-state index in [1.165, 1.54) is 71.1 Å². The first-order valence-corrected chi connectivity index (χ1v) is 15.0. The summed E-state index contributed by atoms with van der Waals surface area (Å²) >= 11 is 0. The van der Waals surface area contributed by atoms with Gasteiger partial charge >= 0.3 is 0 Å². The summed E-state index contributed by atoms with van der Waals surface area (Å²) in [6.45, 7) is 25.3. The molecule has 2 aliphatic rings. The molecule has 1 N–H and O–H groups in total. The van der Waals surface area contributed by atoms with Gasteiger partial charge in [-0.2, -0.15) is 0 Å².